The second-order valence-electron chi connectivity index (χ2n) is 6.27. The minimum atomic E-state index is -3.77. The van der Waals surface area contributed by atoms with Gasteiger partial charge < -0.3 is 5.73 Å². The van der Waals surface area contributed by atoms with Crippen LogP contribution in [0.2, 0.25) is 0 Å². The maximum atomic E-state index is 11.5. The largest absolute Gasteiger partial charge is 0.366 e. The fourth-order valence-corrected chi connectivity index (χ4v) is 3.60. The van der Waals surface area contributed by atoms with Gasteiger partial charge in [0.25, 0.3) is 0 Å². The number of sulfonamides is 1. The molecule has 2 aromatic heterocycles. The van der Waals surface area contributed by atoms with Gasteiger partial charge in [-0.05, 0) is 42.0 Å². The Hall–Kier alpha value is -3.49. The number of primary amides is 1. The highest BCUT2D eigenvalue weighted by Crippen LogP contribution is 2.35. The molecule has 4 N–H and O–H groups in total. The van der Waals surface area contributed by atoms with Gasteiger partial charge in [0.1, 0.15) is 5.69 Å². The standard InChI is InChI=1S/C20H16N4O3S/c21-20(25)15-6-4-14(5-7-15)19-18(17-3-1-2-12-24(17)23-19)13-8-10-16(11-9-13)28(22,26)27/h1-12H,(H2,21,25)(H2,22,26,27). The summed E-state index contributed by atoms with van der Waals surface area (Å²) >= 11 is 0. The molecule has 0 saturated carbocycles. The number of fused-ring (bicyclic) bond motifs is 1. The van der Waals surface area contributed by atoms with E-state index in [-0.39, 0.29) is 4.90 Å². The number of rotatable bonds is 4. The van der Waals surface area contributed by atoms with E-state index in [2.05, 4.69) is 5.10 Å². The van der Waals surface area contributed by atoms with E-state index in [1.807, 2.05) is 24.4 Å². The lowest BCUT2D eigenvalue weighted by Gasteiger charge is -2.06. The zero-order valence-corrected chi connectivity index (χ0v) is 15.4. The first-order valence-electron chi connectivity index (χ1n) is 8.35. The van der Waals surface area contributed by atoms with E-state index >= 15 is 0 Å². The first-order chi connectivity index (χ1) is 13.3. The molecule has 0 aliphatic heterocycles. The van der Waals surface area contributed by atoms with E-state index < -0.39 is 15.9 Å². The molecule has 4 rings (SSSR count). The number of nitrogens with two attached hydrogens (primary N) is 2. The van der Waals surface area contributed by atoms with E-state index in [0.717, 1.165) is 22.2 Å². The van der Waals surface area contributed by atoms with Crippen molar-refractivity contribution in [3.63, 3.8) is 0 Å². The van der Waals surface area contributed by atoms with Crippen LogP contribution in [0.4, 0.5) is 0 Å². The molecule has 0 spiro atoms. The van der Waals surface area contributed by atoms with Gasteiger partial charge in [0.05, 0.1) is 10.4 Å². The first kappa shape index (κ1) is 17.9. The van der Waals surface area contributed by atoms with E-state index in [0.29, 0.717) is 11.3 Å². The molecule has 0 saturated heterocycles. The Morgan fingerprint density at radius 2 is 1.54 bits per heavy atom. The molecule has 7 nitrogen and oxygen atoms in total. The van der Waals surface area contributed by atoms with Crippen LogP contribution < -0.4 is 10.9 Å². The van der Waals surface area contributed by atoms with Gasteiger partial charge in [-0.1, -0.05) is 30.3 Å². The third-order valence-corrected chi connectivity index (χ3v) is 5.38. The maximum absolute atomic E-state index is 11.5. The number of primary sulfonamides is 1. The van der Waals surface area contributed by atoms with E-state index in [1.54, 1.807) is 40.9 Å². The Bertz CT molecular complexity index is 1290. The van der Waals surface area contributed by atoms with Crippen LogP contribution in [0.5, 0.6) is 0 Å². The topological polar surface area (TPSA) is 121 Å². The van der Waals surface area contributed by atoms with E-state index in [9.17, 15) is 13.2 Å². The number of hydrogen-bond acceptors (Lipinski definition) is 4. The van der Waals surface area contributed by atoms with Crippen molar-refractivity contribution >= 4 is 21.4 Å². The van der Waals surface area contributed by atoms with Crippen LogP contribution in [0.25, 0.3) is 27.9 Å². The van der Waals surface area contributed by atoms with E-state index in [4.69, 9.17) is 10.9 Å². The second kappa shape index (κ2) is 6.59. The first-order valence-corrected chi connectivity index (χ1v) is 9.90. The minimum absolute atomic E-state index is 0.0417. The van der Waals surface area contributed by atoms with Crippen LogP contribution >= 0.6 is 0 Å². The van der Waals surface area contributed by atoms with Crippen molar-refractivity contribution in [3.05, 3.63) is 78.5 Å². The SMILES string of the molecule is NC(=O)c1ccc(-c2nn3ccccc3c2-c2ccc(S(N)(=O)=O)cc2)cc1. The van der Waals surface area contributed by atoms with Crippen LogP contribution in [0.3, 0.4) is 0 Å². The summed E-state index contributed by atoms with van der Waals surface area (Å²) in [4.78, 5) is 11.4. The minimum Gasteiger partial charge on any atom is -0.366 e. The summed E-state index contributed by atoms with van der Waals surface area (Å²) in [6, 6.07) is 18.9. The molecule has 0 aliphatic carbocycles. The van der Waals surface area contributed by atoms with Crippen molar-refractivity contribution in [2.45, 2.75) is 4.90 Å². The highest BCUT2D eigenvalue weighted by atomic mass is 32.2. The molecule has 2 aromatic carbocycles. The summed E-state index contributed by atoms with van der Waals surface area (Å²) in [5.41, 5.74) is 9.73. The van der Waals surface area contributed by atoms with Crippen LogP contribution in [0.15, 0.2) is 77.8 Å². The van der Waals surface area contributed by atoms with Crippen molar-refractivity contribution in [3.8, 4) is 22.4 Å². The molecule has 4 aromatic rings. The smallest absolute Gasteiger partial charge is 0.248 e. The third-order valence-electron chi connectivity index (χ3n) is 4.45. The van der Waals surface area contributed by atoms with Gasteiger partial charge in [0.2, 0.25) is 15.9 Å². The van der Waals surface area contributed by atoms with Crippen molar-refractivity contribution in [2.75, 3.05) is 0 Å². The zero-order valence-electron chi connectivity index (χ0n) is 14.6. The van der Waals surface area contributed by atoms with Crippen LogP contribution in [0.1, 0.15) is 10.4 Å². The van der Waals surface area contributed by atoms with Gasteiger partial charge in [-0.2, -0.15) is 5.10 Å². The number of carbonyl (C=O) groups is 1. The number of amides is 1. The number of aromatic nitrogens is 2. The lowest BCUT2D eigenvalue weighted by atomic mass is 9.99. The number of nitrogens with zero attached hydrogens (tertiary/aromatic N) is 2. The van der Waals surface area contributed by atoms with Gasteiger partial charge in [0.15, 0.2) is 0 Å². The summed E-state index contributed by atoms with van der Waals surface area (Å²) in [5, 5.41) is 9.86. The van der Waals surface area contributed by atoms with Gasteiger partial charge in [-0.25, -0.2) is 18.1 Å². The fraction of sp³-hybridized carbons (Fsp3) is 0. The van der Waals surface area contributed by atoms with Crippen molar-refractivity contribution in [1.82, 2.24) is 9.61 Å². The predicted molar refractivity (Wildman–Crippen MR) is 106 cm³/mol. The van der Waals surface area contributed by atoms with Crippen LogP contribution in [-0.2, 0) is 10.0 Å². The molecule has 0 unspecified atom stereocenters. The van der Waals surface area contributed by atoms with Crippen molar-refractivity contribution in [1.29, 1.82) is 0 Å². The molecule has 140 valence electrons. The number of hydrogen-bond donors (Lipinski definition) is 2. The molecule has 2 heterocycles. The quantitative estimate of drug-likeness (QED) is 0.554. The molecule has 0 atom stereocenters. The Morgan fingerprint density at radius 3 is 2.14 bits per heavy atom. The monoisotopic (exact) mass is 392 g/mol. The molecular formula is C20H16N4O3S. The molecule has 0 radical (unpaired) electrons. The lowest BCUT2D eigenvalue weighted by Crippen LogP contribution is -2.11. The number of benzene rings is 2. The van der Waals surface area contributed by atoms with E-state index in [1.165, 1.54) is 12.1 Å². The summed E-state index contributed by atoms with van der Waals surface area (Å²) < 4.78 is 24.8. The molecular weight excluding hydrogens is 376 g/mol. The van der Waals surface area contributed by atoms with Crippen LogP contribution in [-0.4, -0.2) is 23.9 Å². The van der Waals surface area contributed by atoms with Crippen LogP contribution in [0, 0.1) is 0 Å². The Kier molecular flexibility index (Phi) is 4.21. The average Bonchev–Trinajstić information content (AvgIpc) is 3.07. The predicted octanol–water partition coefficient (Wildman–Crippen LogP) is 2.41. The molecule has 0 bridgehead atoms. The Morgan fingerprint density at radius 1 is 0.893 bits per heavy atom. The van der Waals surface area contributed by atoms with Gasteiger partial charge in [0, 0.05) is 22.9 Å². The molecule has 28 heavy (non-hydrogen) atoms. The second-order valence-corrected chi connectivity index (χ2v) is 7.83. The summed E-state index contributed by atoms with van der Waals surface area (Å²) in [7, 11) is -3.77. The zero-order chi connectivity index (χ0) is 19.9. The van der Waals surface area contributed by atoms with Gasteiger partial charge >= 0.3 is 0 Å². The molecule has 0 aliphatic rings. The lowest BCUT2D eigenvalue weighted by molar-refractivity contribution is 0.100. The van der Waals surface area contributed by atoms with Crippen molar-refractivity contribution < 1.29 is 13.2 Å². The summed E-state index contributed by atoms with van der Waals surface area (Å²) in [6.07, 6.45) is 1.83. The Balaban J connectivity index is 1.92. The van der Waals surface area contributed by atoms with Gasteiger partial charge in [-0.3, -0.25) is 4.79 Å². The number of carbonyl (C=O) groups excluding carboxylic acids is 1. The Labute approximate surface area is 161 Å². The normalized spacial score (nSPS) is 11.6. The highest BCUT2D eigenvalue weighted by molar-refractivity contribution is 7.89. The average molecular weight is 392 g/mol. The molecule has 0 fully saturated rings. The molecule has 8 heteroatoms. The molecule has 1 amide bonds. The van der Waals surface area contributed by atoms with Gasteiger partial charge in [-0.15, -0.1) is 0 Å². The third kappa shape index (κ3) is 3.15. The number of pyridine rings is 1. The summed E-state index contributed by atoms with van der Waals surface area (Å²) in [5.74, 6) is -0.500. The maximum Gasteiger partial charge on any atom is 0.248 e. The van der Waals surface area contributed by atoms with Crippen molar-refractivity contribution in [2.24, 2.45) is 10.9 Å². The fourth-order valence-electron chi connectivity index (χ4n) is 3.09. The highest BCUT2D eigenvalue weighted by Gasteiger charge is 2.17. The summed E-state index contributed by atoms with van der Waals surface area (Å²) in [6.45, 7) is 0.